The molecule has 0 aliphatic rings. The molecule has 0 saturated carbocycles. The summed E-state index contributed by atoms with van der Waals surface area (Å²) in [7, 11) is 0. The van der Waals surface area contributed by atoms with E-state index in [1.807, 2.05) is 0 Å². The topological polar surface area (TPSA) is 101 Å². The fraction of sp³-hybridized carbons (Fsp3) is 0.400. The van der Waals surface area contributed by atoms with Gasteiger partial charge in [0.1, 0.15) is 0 Å². The van der Waals surface area contributed by atoms with E-state index in [2.05, 4.69) is 10.6 Å². The van der Waals surface area contributed by atoms with Crippen LogP contribution in [0.4, 0.5) is 0 Å². The normalized spacial score (nSPS) is 11.5. The highest BCUT2D eigenvalue weighted by Gasteiger charge is 2.16. The molecule has 0 radical (unpaired) electrons. The second kappa shape index (κ2) is 9.04. The zero-order valence-corrected chi connectivity index (χ0v) is 13.2. The van der Waals surface area contributed by atoms with Gasteiger partial charge in [-0.05, 0) is 24.1 Å². The number of carbonyl (C=O) groups excluding carboxylic acids is 3. The van der Waals surface area contributed by atoms with E-state index in [-0.39, 0.29) is 24.7 Å². The Labute approximate surface area is 134 Å². The molecular formula is C15H20ClN3O3. The highest BCUT2D eigenvalue weighted by Crippen LogP contribution is 2.19. The molecule has 120 valence electrons. The van der Waals surface area contributed by atoms with E-state index in [1.165, 1.54) is 6.92 Å². The molecule has 1 atom stereocenters. The summed E-state index contributed by atoms with van der Waals surface area (Å²) in [5.41, 5.74) is 5.82. The van der Waals surface area contributed by atoms with Gasteiger partial charge in [-0.2, -0.15) is 0 Å². The first-order chi connectivity index (χ1) is 10.4. The highest BCUT2D eigenvalue weighted by molar-refractivity contribution is 6.30. The molecule has 0 saturated heterocycles. The Morgan fingerprint density at radius 2 is 1.86 bits per heavy atom. The van der Waals surface area contributed by atoms with Gasteiger partial charge in [0.25, 0.3) is 0 Å². The average Bonchev–Trinajstić information content (AvgIpc) is 2.43. The van der Waals surface area contributed by atoms with Gasteiger partial charge in [-0.25, -0.2) is 0 Å². The molecule has 22 heavy (non-hydrogen) atoms. The van der Waals surface area contributed by atoms with Crippen LogP contribution in [0.3, 0.4) is 0 Å². The van der Waals surface area contributed by atoms with Crippen molar-refractivity contribution in [2.45, 2.75) is 32.2 Å². The van der Waals surface area contributed by atoms with Crippen molar-refractivity contribution in [3.05, 3.63) is 34.9 Å². The van der Waals surface area contributed by atoms with Crippen LogP contribution in [0.5, 0.6) is 0 Å². The molecule has 7 heteroatoms. The second-order valence-electron chi connectivity index (χ2n) is 4.93. The fourth-order valence-electron chi connectivity index (χ4n) is 1.94. The standard InChI is InChI=1S/C15H20ClN3O3/c1-10(20)19-13(11-4-6-12(16)7-5-11)9-15(22)18-8-2-3-14(17)21/h4-7,13H,2-3,8-9H2,1H3,(H2,17,21)(H,18,22)(H,19,20). The van der Waals surface area contributed by atoms with Crippen LogP contribution < -0.4 is 16.4 Å². The van der Waals surface area contributed by atoms with Crippen molar-refractivity contribution in [3.8, 4) is 0 Å². The summed E-state index contributed by atoms with van der Waals surface area (Å²) in [5, 5.41) is 6.02. The van der Waals surface area contributed by atoms with E-state index in [0.29, 0.717) is 18.0 Å². The molecule has 1 aromatic carbocycles. The van der Waals surface area contributed by atoms with Crippen molar-refractivity contribution in [1.82, 2.24) is 10.6 Å². The summed E-state index contributed by atoms with van der Waals surface area (Å²) < 4.78 is 0. The van der Waals surface area contributed by atoms with E-state index < -0.39 is 11.9 Å². The van der Waals surface area contributed by atoms with Gasteiger partial charge in [0.15, 0.2) is 0 Å². The Balaban J connectivity index is 2.57. The maximum Gasteiger partial charge on any atom is 0.222 e. The van der Waals surface area contributed by atoms with Gasteiger partial charge >= 0.3 is 0 Å². The van der Waals surface area contributed by atoms with Crippen LogP contribution >= 0.6 is 11.6 Å². The van der Waals surface area contributed by atoms with Crippen LogP contribution in [0, 0.1) is 0 Å². The summed E-state index contributed by atoms with van der Waals surface area (Å²) in [6, 6.07) is 6.52. The molecule has 0 bridgehead atoms. The molecule has 0 spiro atoms. The second-order valence-corrected chi connectivity index (χ2v) is 5.37. The van der Waals surface area contributed by atoms with Crippen LogP contribution in [0.1, 0.15) is 37.8 Å². The summed E-state index contributed by atoms with van der Waals surface area (Å²) in [5.74, 6) is -0.828. The zero-order valence-electron chi connectivity index (χ0n) is 12.4. The highest BCUT2D eigenvalue weighted by atomic mass is 35.5. The Hall–Kier alpha value is -2.08. The predicted molar refractivity (Wildman–Crippen MR) is 84.1 cm³/mol. The molecule has 6 nitrogen and oxygen atoms in total. The molecular weight excluding hydrogens is 306 g/mol. The lowest BCUT2D eigenvalue weighted by Crippen LogP contribution is -2.33. The first kappa shape index (κ1) is 18.0. The molecule has 0 aliphatic heterocycles. The number of benzene rings is 1. The van der Waals surface area contributed by atoms with Crippen molar-refractivity contribution in [1.29, 1.82) is 0 Å². The SMILES string of the molecule is CC(=O)NC(CC(=O)NCCCC(N)=O)c1ccc(Cl)cc1. The molecule has 0 heterocycles. The van der Waals surface area contributed by atoms with Crippen LogP contribution in [-0.4, -0.2) is 24.3 Å². The van der Waals surface area contributed by atoms with Crippen LogP contribution in [0.15, 0.2) is 24.3 Å². The van der Waals surface area contributed by atoms with Gasteiger partial charge in [-0.1, -0.05) is 23.7 Å². The Bertz CT molecular complexity index is 531. The smallest absolute Gasteiger partial charge is 0.222 e. The van der Waals surface area contributed by atoms with Crippen molar-refractivity contribution in [2.75, 3.05) is 6.54 Å². The minimum absolute atomic E-state index is 0.109. The van der Waals surface area contributed by atoms with Gasteiger partial charge in [0, 0.05) is 24.9 Å². The Morgan fingerprint density at radius 1 is 1.23 bits per heavy atom. The lowest BCUT2D eigenvalue weighted by Gasteiger charge is -2.18. The van der Waals surface area contributed by atoms with E-state index in [0.717, 1.165) is 5.56 Å². The summed E-state index contributed by atoms with van der Waals surface area (Å²) in [6.07, 6.45) is 0.831. The molecule has 0 fully saturated rings. The Kier molecular flexibility index (Phi) is 7.39. The van der Waals surface area contributed by atoms with Crippen molar-refractivity contribution >= 4 is 29.3 Å². The number of amides is 3. The number of halogens is 1. The van der Waals surface area contributed by atoms with E-state index in [1.54, 1.807) is 24.3 Å². The van der Waals surface area contributed by atoms with Gasteiger partial charge in [-0.15, -0.1) is 0 Å². The molecule has 1 unspecified atom stereocenters. The fourth-order valence-corrected chi connectivity index (χ4v) is 2.07. The lowest BCUT2D eigenvalue weighted by molar-refractivity contribution is -0.123. The minimum atomic E-state index is -0.425. The maximum atomic E-state index is 11.9. The zero-order chi connectivity index (χ0) is 16.5. The molecule has 4 N–H and O–H groups in total. The molecule has 3 amide bonds. The first-order valence-corrected chi connectivity index (χ1v) is 7.34. The van der Waals surface area contributed by atoms with E-state index in [9.17, 15) is 14.4 Å². The monoisotopic (exact) mass is 325 g/mol. The molecule has 0 aliphatic carbocycles. The molecule has 1 aromatic rings. The molecule has 1 rings (SSSR count). The third-order valence-corrected chi connectivity index (χ3v) is 3.21. The van der Waals surface area contributed by atoms with Crippen molar-refractivity contribution in [3.63, 3.8) is 0 Å². The number of carbonyl (C=O) groups is 3. The lowest BCUT2D eigenvalue weighted by atomic mass is 10.0. The van der Waals surface area contributed by atoms with Crippen LogP contribution in [0.2, 0.25) is 5.02 Å². The first-order valence-electron chi connectivity index (χ1n) is 6.96. The van der Waals surface area contributed by atoms with Gasteiger partial charge in [0.2, 0.25) is 17.7 Å². The van der Waals surface area contributed by atoms with Crippen molar-refractivity contribution < 1.29 is 14.4 Å². The van der Waals surface area contributed by atoms with Crippen LogP contribution in [0.25, 0.3) is 0 Å². The number of nitrogens with two attached hydrogens (primary N) is 1. The number of nitrogens with one attached hydrogen (secondary N) is 2. The maximum absolute atomic E-state index is 11.9. The largest absolute Gasteiger partial charge is 0.370 e. The van der Waals surface area contributed by atoms with Crippen LogP contribution in [-0.2, 0) is 14.4 Å². The van der Waals surface area contributed by atoms with Gasteiger partial charge < -0.3 is 16.4 Å². The van der Waals surface area contributed by atoms with E-state index >= 15 is 0 Å². The number of hydrogen-bond donors (Lipinski definition) is 3. The van der Waals surface area contributed by atoms with Gasteiger partial charge in [-0.3, -0.25) is 14.4 Å². The summed E-state index contributed by atoms with van der Waals surface area (Å²) in [4.78, 5) is 33.8. The van der Waals surface area contributed by atoms with E-state index in [4.69, 9.17) is 17.3 Å². The molecule has 0 aromatic heterocycles. The quantitative estimate of drug-likeness (QED) is 0.628. The van der Waals surface area contributed by atoms with Crippen molar-refractivity contribution in [2.24, 2.45) is 5.73 Å². The summed E-state index contributed by atoms with van der Waals surface area (Å²) in [6.45, 7) is 1.77. The Morgan fingerprint density at radius 3 is 2.41 bits per heavy atom. The van der Waals surface area contributed by atoms with Gasteiger partial charge in [0.05, 0.1) is 12.5 Å². The number of hydrogen-bond acceptors (Lipinski definition) is 3. The summed E-state index contributed by atoms with van der Waals surface area (Å²) >= 11 is 5.83. The minimum Gasteiger partial charge on any atom is -0.370 e. The third kappa shape index (κ3) is 7.08. The predicted octanol–water partition coefficient (Wildman–Crippen LogP) is 1.29. The third-order valence-electron chi connectivity index (χ3n) is 2.96. The average molecular weight is 326 g/mol. The number of primary amides is 1. The number of rotatable bonds is 8.